The second kappa shape index (κ2) is 5.48. The summed E-state index contributed by atoms with van der Waals surface area (Å²) >= 11 is 0. The van der Waals surface area contributed by atoms with Crippen LogP contribution in [0.2, 0.25) is 0 Å². The Morgan fingerprint density at radius 1 is 1.36 bits per heavy atom. The lowest BCUT2D eigenvalue weighted by molar-refractivity contribution is -0.385. The zero-order chi connectivity index (χ0) is 15.7. The summed E-state index contributed by atoms with van der Waals surface area (Å²) in [5.74, 6) is -0.611. The number of nitrogens with zero attached hydrogens (tertiary/aromatic N) is 1. The second-order valence-corrected chi connectivity index (χ2v) is 4.77. The Bertz CT molecular complexity index is 835. The van der Waals surface area contributed by atoms with Crippen molar-refractivity contribution in [2.24, 2.45) is 0 Å². The van der Waals surface area contributed by atoms with Gasteiger partial charge in [0.25, 0.3) is 5.69 Å². The van der Waals surface area contributed by atoms with Crippen LogP contribution in [0.5, 0.6) is 0 Å². The van der Waals surface area contributed by atoms with Gasteiger partial charge in [0.2, 0.25) is 5.76 Å². The van der Waals surface area contributed by atoms with Crippen molar-refractivity contribution in [1.82, 2.24) is 0 Å². The van der Waals surface area contributed by atoms with Crippen molar-refractivity contribution >= 4 is 23.0 Å². The average Bonchev–Trinajstić information content (AvgIpc) is 2.53. The van der Waals surface area contributed by atoms with Crippen molar-refractivity contribution in [3.8, 4) is 0 Å². The van der Waals surface area contributed by atoms with Crippen molar-refractivity contribution in [1.29, 1.82) is 0 Å². The highest BCUT2D eigenvalue weighted by Crippen LogP contribution is 2.21. The number of hydrogen-bond acceptors (Lipinski definition) is 5. The van der Waals surface area contributed by atoms with Crippen LogP contribution < -0.4 is 10.4 Å². The molecule has 0 bridgehead atoms. The molecule has 1 aliphatic heterocycles. The van der Waals surface area contributed by atoms with Crippen molar-refractivity contribution in [3.63, 3.8) is 0 Å². The van der Waals surface area contributed by atoms with E-state index < -0.39 is 17.0 Å². The van der Waals surface area contributed by atoms with Gasteiger partial charge in [-0.3, -0.25) is 10.1 Å². The van der Waals surface area contributed by atoms with Crippen LogP contribution in [0.3, 0.4) is 0 Å². The number of carbonyl (C=O) groups is 1. The zero-order valence-electron chi connectivity index (χ0n) is 11.8. The smallest absolute Gasteiger partial charge is 0.374 e. The molecule has 112 valence electrons. The van der Waals surface area contributed by atoms with E-state index in [1.165, 1.54) is 12.1 Å². The molecule has 0 amide bonds. The molecule has 1 aromatic rings. The van der Waals surface area contributed by atoms with Crippen LogP contribution in [0.25, 0.3) is 11.3 Å². The largest absolute Gasteiger partial charge is 0.474 e. The number of hydrogen-bond donors (Lipinski definition) is 0. The highest BCUT2D eigenvalue weighted by Gasteiger charge is 2.27. The molecule has 0 radical (unpaired) electrons. The van der Waals surface area contributed by atoms with Gasteiger partial charge in [-0.25, -0.2) is 4.79 Å². The Morgan fingerprint density at radius 2 is 2.18 bits per heavy atom. The Hall–Kier alpha value is -2.89. The molecule has 6 nitrogen and oxygen atoms in total. The van der Waals surface area contributed by atoms with E-state index in [2.05, 4.69) is 0 Å². The fourth-order valence-corrected chi connectivity index (χ4v) is 2.50. The fraction of sp³-hybridized carbons (Fsp3) is 0.188. The lowest BCUT2D eigenvalue weighted by atomic mass is 9.97. The first-order valence-electron chi connectivity index (χ1n) is 6.83. The molecule has 1 atom stereocenters. The van der Waals surface area contributed by atoms with Crippen molar-refractivity contribution < 1.29 is 19.2 Å². The summed E-state index contributed by atoms with van der Waals surface area (Å²) in [6.45, 7) is 1.89. The zero-order valence-corrected chi connectivity index (χ0v) is 11.8. The Morgan fingerprint density at radius 3 is 2.91 bits per heavy atom. The van der Waals surface area contributed by atoms with Crippen LogP contribution in [0, 0.1) is 10.1 Å². The monoisotopic (exact) mass is 299 g/mol. The van der Waals surface area contributed by atoms with Gasteiger partial charge in [-0.15, -0.1) is 0 Å². The number of nitro groups is 1. The molecule has 0 aromatic heterocycles. The van der Waals surface area contributed by atoms with Crippen LogP contribution in [0.4, 0.5) is 5.69 Å². The van der Waals surface area contributed by atoms with E-state index in [1.807, 2.05) is 24.3 Å². The number of benzene rings is 1. The van der Waals surface area contributed by atoms with E-state index in [0.717, 1.165) is 10.8 Å². The third-order valence-corrected chi connectivity index (χ3v) is 3.45. The maximum atomic E-state index is 12.1. The summed E-state index contributed by atoms with van der Waals surface area (Å²) in [5, 5.41) is 12.1. The molecule has 1 unspecified atom stereocenters. The molecular weight excluding hydrogens is 286 g/mol. The highest BCUT2D eigenvalue weighted by molar-refractivity contribution is 6.07. The van der Waals surface area contributed by atoms with Crippen molar-refractivity contribution in [3.05, 3.63) is 63.1 Å². The van der Waals surface area contributed by atoms with Crippen LogP contribution in [0.15, 0.2) is 42.5 Å². The first-order chi connectivity index (χ1) is 10.6. The van der Waals surface area contributed by atoms with E-state index in [9.17, 15) is 14.9 Å². The molecule has 0 N–H and O–H groups in total. The molecule has 1 aromatic carbocycles. The molecule has 0 saturated heterocycles. The second-order valence-electron chi connectivity index (χ2n) is 4.77. The molecule has 6 heteroatoms. The van der Waals surface area contributed by atoms with Gasteiger partial charge in [0.05, 0.1) is 11.5 Å². The third kappa shape index (κ3) is 2.28. The van der Waals surface area contributed by atoms with Gasteiger partial charge in [0.15, 0.2) is 0 Å². The van der Waals surface area contributed by atoms with Gasteiger partial charge >= 0.3 is 5.97 Å². The minimum atomic E-state index is -0.619. The summed E-state index contributed by atoms with van der Waals surface area (Å²) in [6.07, 6.45) is 6.98. The molecule has 22 heavy (non-hydrogen) atoms. The summed E-state index contributed by atoms with van der Waals surface area (Å²) in [4.78, 5) is 22.6. The number of nitro benzene ring substituents is 1. The quantitative estimate of drug-likeness (QED) is 0.471. The Kier molecular flexibility index (Phi) is 3.50. The molecule has 2 aliphatic rings. The number of carbonyl (C=O) groups excluding carboxylic acids is 1. The summed E-state index contributed by atoms with van der Waals surface area (Å²) < 4.78 is 10.7. The molecule has 0 spiro atoms. The van der Waals surface area contributed by atoms with Crippen molar-refractivity contribution in [2.75, 3.05) is 6.61 Å². The Labute approximate surface area is 125 Å². The third-order valence-electron chi connectivity index (χ3n) is 3.45. The summed E-state index contributed by atoms with van der Waals surface area (Å²) in [6, 6.07) is 4.40. The number of esters is 1. The molecule has 3 rings (SSSR count). The van der Waals surface area contributed by atoms with E-state index in [0.29, 0.717) is 5.22 Å². The van der Waals surface area contributed by atoms with E-state index in [4.69, 9.17) is 9.47 Å². The Balaban J connectivity index is 2.33. The average molecular weight is 299 g/mol. The van der Waals surface area contributed by atoms with E-state index >= 15 is 0 Å². The van der Waals surface area contributed by atoms with E-state index in [-0.39, 0.29) is 18.1 Å². The number of non-ortho nitro benzene ring substituents is 1. The summed E-state index contributed by atoms with van der Waals surface area (Å²) in [5.41, 5.74) is 0.763. The van der Waals surface area contributed by atoms with Crippen molar-refractivity contribution in [2.45, 2.75) is 13.0 Å². The standard InChI is InChI=1S/C16H13NO5/c1-2-21-16(18)15-13-9-10(17(19)20)7-8-11(13)12-5-3-4-6-14(12)22-15/h3-9,14H,2H2,1H3. The number of allylic oxidation sites excluding steroid dienone is 2. The van der Waals surface area contributed by atoms with Gasteiger partial charge in [0, 0.05) is 22.9 Å². The van der Waals surface area contributed by atoms with Gasteiger partial charge in [0.1, 0.15) is 6.10 Å². The van der Waals surface area contributed by atoms with Gasteiger partial charge in [-0.1, -0.05) is 18.2 Å². The van der Waals surface area contributed by atoms with Crippen LogP contribution in [-0.2, 0) is 14.3 Å². The predicted octanol–water partition coefficient (Wildman–Crippen LogP) is 0.942. The number of rotatable bonds is 3. The maximum Gasteiger partial charge on any atom is 0.374 e. The minimum absolute atomic E-state index is 0.00856. The van der Waals surface area contributed by atoms with Gasteiger partial charge in [-0.2, -0.15) is 0 Å². The molecule has 1 heterocycles. The predicted molar refractivity (Wildman–Crippen MR) is 78.9 cm³/mol. The number of ether oxygens (including phenoxy) is 2. The van der Waals surface area contributed by atoms with Gasteiger partial charge < -0.3 is 9.47 Å². The van der Waals surface area contributed by atoms with Crippen LogP contribution in [0.1, 0.15) is 6.92 Å². The van der Waals surface area contributed by atoms with E-state index in [1.54, 1.807) is 13.0 Å². The molecule has 1 aliphatic carbocycles. The van der Waals surface area contributed by atoms with Gasteiger partial charge in [-0.05, 0) is 24.3 Å². The van der Waals surface area contributed by atoms with Crippen LogP contribution >= 0.6 is 0 Å². The first-order valence-corrected chi connectivity index (χ1v) is 6.83. The molecule has 0 saturated carbocycles. The molecular formula is C16H13NO5. The lowest BCUT2D eigenvalue weighted by Gasteiger charge is -2.24. The topological polar surface area (TPSA) is 78.7 Å². The fourth-order valence-electron chi connectivity index (χ4n) is 2.50. The minimum Gasteiger partial charge on any atom is -0.474 e. The first kappa shape index (κ1) is 14.1. The highest BCUT2D eigenvalue weighted by atomic mass is 16.6. The van der Waals surface area contributed by atoms with Crippen LogP contribution in [-0.4, -0.2) is 23.6 Å². The summed E-state index contributed by atoms with van der Waals surface area (Å²) in [7, 11) is 0. The lowest BCUT2D eigenvalue weighted by Crippen LogP contribution is -2.40. The molecule has 0 fully saturated rings. The SMILES string of the molecule is CCOC(=O)C1=c2cc([N+](=O)[O-])ccc2=C2C=CC=CC2O1. The maximum absolute atomic E-state index is 12.1. The number of fused-ring (bicyclic) bond motifs is 2. The normalized spacial score (nSPS) is 18.3.